The quantitative estimate of drug-likeness (QED) is 0.467. The summed E-state index contributed by atoms with van der Waals surface area (Å²) >= 11 is 0. The zero-order valence-corrected chi connectivity index (χ0v) is 5.92. The first-order valence-electron chi connectivity index (χ1n) is 3.52. The van der Waals surface area contributed by atoms with Gasteiger partial charge in [-0.3, -0.25) is 4.79 Å². The average molecular weight is 142 g/mol. The lowest BCUT2D eigenvalue weighted by Crippen LogP contribution is -2.21. The monoisotopic (exact) mass is 142 g/mol. The molecule has 2 aliphatic rings. The highest BCUT2D eigenvalue weighted by Gasteiger charge is 2.49. The second-order valence-corrected chi connectivity index (χ2v) is 3.27. The third kappa shape index (κ3) is 0.669. The molecule has 0 amide bonds. The van der Waals surface area contributed by atoms with E-state index in [1.807, 2.05) is 6.92 Å². The standard InChI is InChI=1S/C7H10O3/c1-7-2-3-9-6(7)10-5(8)4-7/h6H,2-4H2,1H3. The molecule has 0 radical (unpaired) electrons. The highest BCUT2D eigenvalue weighted by Crippen LogP contribution is 2.43. The van der Waals surface area contributed by atoms with Gasteiger partial charge in [-0.05, 0) is 6.42 Å². The Morgan fingerprint density at radius 3 is 3.20 bits per heavy atom. The van der Waals surface area contributed by atoms with Crippen LogP contribution in [-0.4, -0.2) is 18.9 Å². The van der Waals surface area contributed by atoms with Crippen LogP contribution in [0.4, 0.5) is 0 Å². The zero-order valence-electron chi connectivity index (χ0n) is 5.92. The minimum absolute atomic E-state index is 0.0168. The molecule has 2 heterocycles. The van der Waals surface area contributed by atoms with Gasteiger partial charge in [-0.15, -0.1) is 0 Å². The van der Waals surface area contributed by atoms with Crippen molar-refractivity contribution in [1.82, 2.24) is 0 Å². The van der Waals surface area contributed by atoms with Crippen molar-refractivity contribution in [3.8, 4) is 0 Å². The molecule has 0 saturated carbocycles. The van der Waals surface area contributed by atoms with Crippen molar-refractivity contribution in [2.45, 2.75) is 26.1 Å². The molecule has 3 nitrogen and oxygen atoms in total. The third-order valence-electron chi connectivity index (χ3n) is 2.30. The first-order valence-corrected chi connectivity index (χ1v) is 3.52. The average Bonchev–Trinajstić information content (AvgIpc) is 2.20. The summed E-state index contributed by atoms with van der Waals surface area (Å²) in [5, 5.41) is 0. The summed E-state index contributed by atoms with van der Waals surface area (Å²) in [6.07, 6.45) is 1.22. The molecule has 0 aromatic heterocycles. The summed E-state index contributed by atoms with van der Waals surface area (Å²) in [5.74, 6) is -0.118. The van der Waals surface area contributed by atoms with Gasteiger partial charge in [-0.2, -0.15) is 0 Å². The van der Waals surface area contributed by atoms with Crippen molar-refractivity contribution < 1.29 is 14.3 Å². The maximum absolute atomic E-state index is 10.8. The molecule has 0 N–H and O–H groups in total. The number of hydrogen-bond donors (Lipinski definition) is 0. The van der Waals surface area contributed by atoms with Crippen LogP contribution in [0.25, 0.3) is 0 Å². The van der Waals surface area contributed by atoms with Gasteiger partial charge in [-0.1, -0.05) is 6.92 Å². The van der Waals surface area contributed by atoms with Gasteiger partial charge in [0, 0.05) is 5.41 Å². The summed E-state index contributed by atoms with van der Waals surface area (Å²) in [4.78, 5) is 10.8. The zero-order chi connectivity index (χ0) is 7.19. The minimum Gasteiger partial charge on any atom is -0.435 e. The Balaban J connectivity index is 2.22. The Hall–Kier alpha value is -0.570. The fourth-order valence-electron chi connectivity index (χ4n) is 1.56. The molecular weight excluding hydrogens is 132 g/mol. The van der Waals surface area contributed by atoms with E-state index in [9.17, 15) is 4.79 Å². The van der Waals surface area contributed by atoms with Gasteiger partial charge in [0.25, 0.3) is 0 Å². The van der Waals surface area contributed by atoms with Crippen LogP contribution in [0.3, 0.4) is 0 Å². The molecule has 0 aromatic rings. The largest absolute Gasteiger partial charge is 0.435 e. The van der Waals surface area contributed by atoms with Crippen molar-refractivity contribution in [1.29, 1.82) is 0 Å². The van der Waals surface area contributed by atoms with Gasteiger partial charge in [0.05, 0.1) is 13.0 Å². The molecule has 0 aliphatic carbocycles. The first-order chi connectivity index (χ1) is 4.71. The van der Waals surface area contributed by atoms with Gasteiger partial charge in [0.1, 0.15) is 0 Å². The van der Waals surface area contributed by atoms with E-state index in [1.54, 1.807) is 0 Å². The van der Waals surface area contributed by atoms with E-state index in [1.165, 1.54) is 0 Å². The second kappa shape index (κ2) is 1.72. The topological polar surface area (TPSA) is 35.5 Å². The predicted octanol–water partition coefficient (Wildman–Crippen LogP) is 0.686. The van der Waals surface area contributed by atoms with Crippen LogP contribution in [0.2, 0.25) is 0 Å². The minimum atomic E-state index is -0.250. The van der Waals surface area contributed by atoms with Gasteiger partial charge in [0.2, 0.25) is 6.29 Å². The molecule has 0 aromatic carbocycles. The summed E-state index contributed by atoms with van der Waals surface area (Å²) in [7, 11) is 0. The molecule has 2 rings (SSSR count). The molecule has 2 aliphatic heterocycles. The third-order valence-corrected chi connectivity index (χ3v) is 2.30. The SMILES string of the molecule is CC12CCOC1OC(=O)C2. The van der Waals surface area contributed by atoms with Crippen LogP contribution in [0.1, 0.15) is 19.8 Å². The van der Waals surface area contributed by atoms with Crippen molar-refractivity contribution in [3.05, 3.63) is 0 Å². The van der Waals surface area contributed by atoms with E-state index < -0.39 is 0 Å². The van der Waals surface area contributed by atoms with Crippen LogP contribution in [0, 0.1) is 5.41 Å². The second-order valence-electron chi connectivity index (χ2n) is 3.27. The van der Waals surface area contributed by atoms with Crippen LogP contribution >= 0.6 is 0 Å². The lowest BCUT2D eigenvalue weighted by Gasteiger charge is -2.16. The number of rotatable bonds is 0. The molecule has 3 heteroatoms. The Bertz CT molecular complexity index is 178. The lowest BCUT2D eigenvalue weighted by molar-refractivity contribution is -0.160. The van der Waals surface area contributed by atoms with Crippen molar-refractivity contribution in [3.63, 3.8) is 0 Å². The maximum atomic E-state index is 10.8. The van der Waals surface area contributed by atoms with E-state index in [0.717, 1.165) is 13.0 Å². The summed E-state index contributed by atoms with van der Waals surface area (Å²) < 4.78 is 10.1. The fraction of sp³-hybridized carbons (Fsp3) is 0.857. The van der Waals surface area contributed by atoms with Crippen LogP contribution in [-0.2, 0) is 14.3 Å². The number of carbonyl (C=O) groups is 1. The van der Waals surface area contributed by atoms with Crippen LogP contribution in [0.15, 0.2) is 0 Å². The highest BCUT2D eigenvalue weighted by atomic mass is 16.7. The van der Waals surface area contributed by atoms with E-state index in [0.29, 0.717) is 6.42 Å². The summed E-state index contributed by atoms with van der Waals surface area (Å²) in [6, 6.07) is 0. The lowest BCUT2D eigenvalue weighted by atomic mass is 9.87. The van der Waals surface area contributed by atoms with Gasteiger partial charge >= 0.3 is 5.97 Å². The number of ether oxygens (including phenoxy) is 2. The number of hydrogen-bond acceptors (Lipinski definition) is 3. The Labute approximate surface area is 59.3 Å². The number of fused-ring (bicyclic) bond motifs is 1. The molecule has 2 atom stereocenters. The Morgan fingerprint density at radius 1 is 1.70 bits per heavy atom. The Morgan fingerprint density at radius 2 is 2.50 bits per heavy atom. The summed E-state index contributed by atoms with van der Waals surface area (Å²) in [6.45, 7) is 2.77. The van der Waals surface area contributed by atoms with Gasteiger partial charge in [0.15, 0.2) is 0 Å². The molecule has 0 bridgehead atoms. The molecule has 10 heavy (non-hydrogen) atoms. The first kappa shape index (κ1) is 6.16. The Kier molecular flexibility index (Phi) is 1.06. The van der Waals surface area contributed by atoms with Crippen molar-refractivity contribution >= 4 is 5.97 Å². The van der Waals surface area contributed by atoms with Crippen molar-refractivity contribution in [2.24, 2.45) is 5.41 Å². The predicted molar refractivity (Wildman–Crippen MR) is 33.2 cm³/mol. The number of esters is 1. The normalized spacial score (nSPS) is 45.3. The maximum Gasteiger partial charge on any atom is 0.308 e. The van der Waals surface area contributed by atoms with Crippen molar-refractivity contribution in [2.75, 3.05) is 6.61 Å². The molecule has 2 saturated heterocycles. The molecular formula is C7H10O3. The molecule has 2 fully saturated rings. The fourth-order valence-corrected chi connectivity index (χ4v) is 1.56. The molecule has 2 unspecified atom stereocenters. The van der Waals surface area contributed by atoms with Crippen LogP contribution < -0.4 is 0 Å². The van der Waals surface area contributed by atoms with Gasteiger partial charge < -0.3 is 9.47 Å². The van der Waals surface area contributed by atoms with E-state index >= 15 is 0 Å². The molecule has 0 spiro atoms. The highest BCUT2D eigenvalue weighted by molar-refractivity contribution is 5.72. The van der Waals surface area contributed by atoms with E-state index in [2.05, 4.69) is 0 Å². The number of carbonyl (C=O) groups excluding carboxylic acids is 1. The van der Waals surface area contributed by atoms with E-state index in [-0.39, 0.29) is 17.7 Å². The van der Waals surface area contributed by atoms with Gasteiger partial charge in [-0.25, -0.2) is 0 Å². The smallest absolute Gasteiger partial charge is 0.308 e. The van der Waals surface area contributed by atoms with E-state index in [4.69, 9.17) is 9.47 Å². The summed E-state index contributed by atoms with van der Waals surface area (Å²) in [5.41, 5.74) is -0.0168. The van der Waals surface area contributed by atoms with Crippen LogP contribution in [0.5, 0.6) is 0 Å². The molecule has 56 valence electrons.